The first kappa shape index (κ1) is 28.8. The van der Waals surface area contributed by atoms with Crippen LogP contribution < -0.4 is 5.32 Å². The SMILES string of the molecule is C=C(C)[C@@H]1CC[C@]2(C(=O)O)CC[C@]3(C)[C@H](CC[C@@H]4[C@@]5(C)CC[C@H](NC(=O)C(Cl)Cl)C(C)(C)[C@@H]5CC[C@]43C)[C@@H]12. The maximum Gasteiger partial charge on any atom is 0.309 e. The molecule has 5 aliphatic carbocycles. The number of carboxylic acid groups (broad SMARTS) is 1. The number of amides is 1. The number of carbonyl (C=O) groups is 2. The van der Waals surface area contributed by atoms with Crippen molar-refractivity contribution in [3.8, 4) is 0 Å². The van der Waals surface area contributed by atoms with Crippen molar-refractivity contribution in [3.63, 3.8) is 0 Å². The van der Waals surface area contributed by atoms with Crippen LogP contribution in [0.25, 0.3) is 0 Å². The zero-order chi connectivity index (χ0) is 28.1. The number of halogens is 2. The van der Waals surface area contributed by atoms with Crippen LogP contribution in [-0.4, -0.2) is 27.9 Å². The third-order valence-electron chi connectivity index (χ3n) is 14.0. The Labute approximate surface area is 240 Å². The number of aliphatic carboxylic acids is 1. The van der Waals surface area contributed by atoms with E-state index in [1.807, 2.05) is 0 Å². The summed E-state index contributed by atoms with van der Waals surface area (Å²) in [7, 11) is 0. The van der Waals surface area contributed by atoms with Crippen molar-refractivity contribution < 1.29 is 14.7 Å². The van der Waals surface area contributed by atoms with Gasteiger partial charge in [-0.25, -0.2) is 0 Å². The van der Waals surface area contributed by atoms with Gasteiger partial charge in [-0.1, -0.05) is 70.0 Å². The van der Waals surface area contributed by atoms with Crippen molar-refractivity contribution >= 4 is 35.1 Å². The molecule has 0 saturated heterocycles. The lowest BCUT2D eigenvalue weighted by molar-refractivity contribution is -0.240. The Morgan fingerprint density at radius 3 is 2.16 bits per heavy atom. The molecule has 38 heavy (non-hydrogen) atoms. The molecule has 5 saturated carbocycles. The van der Waals surface area contributed by atoms with E-state index in [0.29, 0.717) is 23.7 Å². The van der Waals surface area contributed by atoms with Crippen LogP contribution in [0.5, 0.6) is 0 Å². The molecule has 6 heteroatoms. The van der Waals surface area contributed by atoms with E-state index in [2.05, 4.69) is 53.4 Å². The standard InChI is InChI=1S/C32H49Cl2NO3/c1-18(2)19-10-15-32(27(37)38)17-16-30(6)20(24(19)32)8-9-22-29(5)13-12-23(35-26(36)25(33)34)28(3,4)21(29)11-14-31(22,30)7/h19-25H,1,8-17H2,2-7H3,(H,35,36)(H,37,38)/t19-,20+,21-,22+,23-,24+,29-,30+,31+,32-/m0/s1. The molecular weight excluding hydrogens is 517 g/mol. The van der Waals surface area contributed by atoms with Crippen LogP contribution in [0.4, 0.5) is 0 Å². The summed E-state index contributed by atoms with van der Waals surface area (Å²) in [6.07, 6.45) is 10.3. The summed E-state index contributed by atoms with van der Waals surface area (Å²) in [5.74, 6) is 1.24. The number of fused-ring (bicyclic) bond motifs is 7. The fraction of sp³-hybridized carbons (Fsp3) is 0.875. The average Bonchev–Trinajstić information content (AvgIpc) is 3.22. The highest BCUT2D eigenvalue weighted by atomic mass is 35.5. The highest BCUT2D eigenvalue weighted by Gasteiger charge is 2.72. The lowest BCUT2D eigenvalue weighted by Gasteiger charge is -2.73. The van der Waals surface area contributed by atoms with Crippen LogP contribution in [0, 0.1) is 56.7 Å². The number of carboxylic acids is 1. The number of nitrogens with one attached hydrogen (secondary N) is 1. The van der Waals surface area contributed by atoms with Crippen molar-refractivity contribution in [3.05, 3.63) is 12.2 Å². The number of hydrogen-bond donors (Lipinski definition) is 2. The maximum atomic E-state index is 12.9. The fourth-order valence-electron chi connectivity index (χ4n) is 12.0. The van der Waals surface area contributed by atoms with E-state index in [-0.39, 0.29) is 39.5 Å². The van der Waals surface area contributed by atoms with Gasteiger partial charge in [-0.2, -0.15) is 0 Å². The Kier molecular flexibility index (Phi) is 6.92. The topological polar surface area (TPSA) is 66.4 Å². The van der Waals surface area contributed by atoms with E-state index < -0.39 is 16.2 Å². The number of alkyl halides is 2. The third kappa shape index (κ3) is 3.67. The van der Waals surface area contributed by atoms with Gasteiger partial charge >= 0.3 is 5.97 Å². The van der Waals surface area contributed by atoms with E-state index in [0.717, 1.165) is 51.4 Å². The molecule has 1 amide bonds. The molecule has 10 atom stereocenters. The minimum Gasteiger partial charge on any atom is -0.481 e. The first-order valence-corrected chi connectivity index (χ1v) is 15.9. The molecule has 0 spiro atoms. The van der Waals surface area contributed by atoms with Crippen molar-refractivity contribution in [2.24, 2.45) is 56.7 Å². The summed E-state index contributed by atoms with van der Waals surface area (Å²) in [5, 5.41) is 13.7. The molecule has 214 valence electrons. The molecule has 0 bridgehead atoms. The molecule has 0 aromatic carbocycles. The fourth-order valence-corrected chi connectivity index (χ4v) is 12.1. The molecule has 2 N–H and O–H groups in total. The lowest BCUT2D eigenvalue weighted by atomic mass is 9.32. The Hall–Kier alpha value is -0.740. The monoisotopic (exact) mass is 565 g/mol. The van der Waals surface area contributed by atoms with Gasteiger partial charge < -0.3 is 10.4 Å². The Bertz CT molecular complexity index is 1030. The highest BCUT2D eigenvalue weighted by Crippen LogP contribution is 2.77. The highest BCUT2D eigenvalue weighted by molar-refractivity contribution is 6.53. The summed E-state index contributed by atoms with van der Waals surface area (Å²) in [4.78, 5) is 24.2. The predicted octanol–water partition coefficient (Wildman–Crippen LogP) is 8.02. The van der Waals surface area contributed by atoms with E-state index in [9.17, 15) is 14.7 Å². The van der Waals surface area contributed by atoms with E-state index >= 15 is 0 Å². The second kappa shape index (κ2) is 9.13. The van der Waals surface area contributed by atoms with Gasteiger partial charge in [0.2, 0.25) is 0 Å². The largest absolute Gasteiger partial charge is 0.481 e. The smallest absolute Gasteiger partial charge is 0.309 e. The Morgan fingerprint density at radius 2 is 1.55 bits per heavy atom. The predicted molar refractivity (Wildman–Crippen MR) is 154 cm³/mol. The van der Waals surface area contributed by atoms with Gasteiger partial charge in [0.15, 0.2) is 4.84 Å². The summed E-state index contributed by atoms with van der Waals surface area (Å²) in [6.45, 7) is 18.8. The molecule has 0 radical (unpaired) electrons. The molecule has 5 rings (SSSR count). The van der Waals surface area contributed by atoms with E-state index in [1.54, 1.807) is 0 Å². The second-order valence-electron chi connectivity index (χ2n) is 15.4. The zero-order valence-corrected chi connectivity index (χ0v) is 25.9. The number of carbonyl (C=O) groups excluding carboxylic acids is 1. The van der Waals surface area contributed by atoms with Gasteiger partial charge in [0.05, 0.1) is 5.41 Å². The summed E-state index contributed by atoms with van der Waals surface area (Å²) in [5.41, 5.74) is 1.06. The van der Waals surface area contributed by atoms with Gasteiger partial charge in [0, 0.05) is 6.04 Å². The zero-order valence-electron chi connectivity index (χ0n) is 24.3. The quantitative estimate of drug-likeness (QED) is 0.268. The second-order valence-corrected chi connectivity index (χ2v) is 16.5. The van der Waals surface area contributed by atoms with Crippen LogP contribution >= 0.6 is 23.2 Å². The van der Waals surface area contributed by atoms with Crippen molar-refractivity contribution in [1.82, 2.24) is 5.32 Å². The number of hydrogen-bond acceptors (Lipinski definition) is 2. The molecule has 0 aliphatic heterocycles. The average molecular weight is 567 g/mol. The summed E-state index contributed by atoms with van der Waals surface area (Å²) >= 11 is 11.8. The molecule has 0 unspecified atom stereocenters. The Balaban J connectivity index is 1.49. The van der Waals surface area contributed by atoms with Gasteiger partial charge in [-0.3, -0.25) is 9.59 Å². The third-order valence-corrected chi connectivity index (χ3v) is 14.4. The van der Waals surface area contributed by atoms with Crippen molar-refractivity contribution in [2.45, 2.75) is 117 Å². The van der Waals surface area contributed by atoms with Gasteiger partial charge in [0.25, 0.3) is 5.91 Å². The van der Waals surface area contributed by atoms with Gasteiger partial charge in [0.1, 0.15) is 0 Å². The molecule has 0 aromatic heterocycles. The van der Waals surface area contributed by atoms with Crippen LogP contribution in [0.1, 0.15) is 106 Å². The molecule has 5 aliphatic rings. The summed E-state index contributed by atoms with van der Waals surface area (Å²) in [6, 6.07) is 0.0741. The molecule has 4 nitrogen and oxygen atoms in total. The molecule has 0 heterocycles. The molecule has 5 fully saturated rings. The van der Waals surface area contributed by atoms with Crippen LogP contribution in [-0.2, 0) is 9.59 Å². The lowest BCUT2D eigenvalue weighted by Crippen LogP contribution is -2.68. The van der Waals surface area contributed by atoms with Crippen LogP contribution in [0.15, 0.2) is 12.2 Å². The van der Waals surface area contributed by atoms with E-state index in [1.165, 1.54) is 18.4 Å². The molecule has 0 aromatic rings. The van der Waals surface area contributed by atoms with Gasteiger partial charge in [-0.15, -0.1) is 0 Å². The van der Waals surface area contributed by atoms with Crippen molar-refractivity contribution in [1.29, 1.82) is 0 Å². The van der Waals surface area contributed by atoms with Gasteiger partial charge in [-0.05, 0) is 122 Å². The number of allylic oxidation sites excluding steroid dienone is 1. The summed E-state index contributed by atoms with van der Waals surface area (Å²) < 4.78 is 0. The first-order chi connectivity index (χ1) is 17.6. The normalized spacial score (nSPS) is 49.3. The maximum absolute atomic E-state index is 12.9. The van der Waals surface area contributed by atoms with Crippen molar-refractivity contribution in [2.75, 3.05) is 0 Å². The minimum absolute atomic E-state index is 0.0497. The first-order valence-electron chi connectivity index (χ1n) is 15.0. The number of rotatable bonds is 4. The van der Waals surface area contributed by atoms with Crippen LogP contribution in [0.3, 0.4) is 0 Å². The molecular formula is C32H49Cl2NO3. The van der Waals surface area contributed by atoms with Crippen LogP contribution in [0.2, 0.25) is 0 Å². The minimum atomic E-state index is -1.04. The van der Waals surface area contributed by atoms with E-state index in [4.69, 9.17) is 23.2 Å². The Morgan fingerprint density at radius 1 is 0.868 bits per heavy atom.